The number of carbonyl (C=O) groups excluding carboxylic acids is 1. The number of nitrogens with one attached hydrogen (secondary N) is 2. The van der Waals surface area contributed by atoms with Crippen LogP contribution in [-0.2, 0) is 4.84 Å². The number of nitrogens with zero attached hydrogens (tertiary/aromatic N) is 1. The fraction of sp³-hybridized carbons (Fsp3) is 0.350. The zero-order valence-corrected chi connectivity index (χ0v) is 18.9. The molecule has 3 rings (SSSR count). The van der Waals surface area contributed by atoms with E-state index >= 15 is 0 Å². The average Bonchev–Trinajstić information content (AvgIpc) is 2.70. The molecule has 2 unspecified atom stereocenters. The molecule has 2 aromatic carbocycles. The number of likely N-dealkylation sites (tertiary alicyclic amines) is 1. The molecular weight excluding hydrogens is 546 g/mol. The van der Waals surface area contributed by atoms with Gasteiger partial charge in [-0.05, 0) is 59.8 Å². The molecule has 1 aliphatic heterocycles. The molecule has 174 valence electrons. The fourth-order valence-electron chi connectivity index (χ4n) is 3.03. The van der Waals surface area contributed by atoms with Crippen LogP contribution < -0.4 is 10.8 Å². The molecule has 5 N–H and O–H groups in total. The summed E-state index contributed by atoms with van der Waals surface area (Å²) in [7, 11) is 0. The minimum Gasteiger partial charge on any atom is -0.388 e. The Kier molecular flexibility index (Phi) is 7.62. The zero-order valence-electron chi connectivity index (χ0n) is 16.8. The third-order valence-electron chi connectivity index (χ3n) is 4.79. The molecule has 1 saturated heterocycles. The molecule has 0 saturated carbocycles. The Morgan fingerprint density at radius 3 is 2.53 bits per heavy atom. The second-order valence-corrected chi connectivity index (χ2v) is 8.73. The van der Waals surface area contributed by atoms with E-state index in [2.05, 4.69) is 10.8 Å². The van der Waals surface area contributed by atoms with E-state index in [1.54, 1.807) is 6.07 Å². The standard InChI is InChI=1S/C20H21F3IN3O5/c1-10(28)19(30)32-25-7-20(31)8-27(9-20)18(29)12-3-4-13(21)16(23)17(12)26-15-5-2-11(24)6-14(15)22/h2-6,10,19,25-26,28,30-31H,7-9H2,1H3. The monoisotopic (exact) mass is 567 g/mol. The highest BCUT2D eigenvalue weighted by Crippen LogP contribution is 2.31. The predicted molar refractivity (Wildman–Crippen MR) is 116 cm³/mol. The molecule has 1 heterocycles. The number of β-amino-alcohol motifs (C(OH)–C–C–N with tert-alkyl or cyclic N) is 1. The summed E-state index contributed by atoms with van der Waals surface area (Å²) in [6, 6.07) is 5.96. The molecule has 0 aliphatic carbocycles. The van der Waals surface area contributed by atoms with Crippen molar-refractivity contribution < 1.29 is 38.1 Å². The van der Waals surface area contributed by atoms with E-state index in [4.69, 9.17) is 9.94 Å². The molecule has 0 radical (unpaired) electrons. The maximum atomic E-state index is 14.5. The lowest BCUT2D eigenvalue weighted by molar-refractivity contribution is -0.206. The number of benzene rings is 2. The van der Waals surface area contributed by atoms with Gasteiger partial charge in [-0.1, -0.05) is 0 Å². The number of halogens is 4. The van der Waals surface area contributed by atoms with Crippen molar-refractivity contribution in [2.75, 3.05) is 25.0 Å². The minimum absolute atomic E-state index is 0.137. The highest BCUT2D eigenvalue weighted by atomic mass is 127. The first kappa shape index (κ1) is 24.7. The molecule has 0 aromatic heterocycles. The van der Waals surface area contributed by atoms with Crippen molar-refractivity contribution in [2.45, 2.75) is 24.9 Å². The largest absolute Gasteiger partial charge is 0.388 e. The van der Waals surface area contributed by atoms with Crippen LogP contribution in [0.4, 0.5) is 24.5 Å². The third kappa shape index (κ3) is 5.50. The molecule has 2 atom stereocenters. The van der Waals surface area contributed by atoms with Crippen molar-refractivity contribution in [2.24, 2.45) is 0 Å². The summed E-state index contributed by atoms with van der Waals surface area (Å²) in [5, 5.41) is 31.4. The SMILES string of the molecule is CC(O)C(O)ONCC1(O)CN(C(=O)c2ccc(F)c(F)c2Nc2ccc(I)cc2F)C1. The summed E-state index contributed by atoms with van der Waals surface area (Å²) in [4.78, 5) is 18.8. The number of carbonyl (C=O) groups is 1. The summed E-state index contributed by atoms with van der Waals surface area (Å²) in [5.41, 5.74) is 0.0206. The highest BCUT2D eigenvalue weighted by molar-refractivity contribution is 14.1. The van der Waals surface area contributed by atoms with Gasteiger partial charge in [-0.3, -0.25) is 9.63 Å². The van der Waals surface area contributed by atoms with E-state index in [-0.39, 0.29) is 30.9 Å². The molecule has 2 aromatic rings. The van der Waals surface area contributed by atoms with E-state index in [0.29, 0.717) is 3.57 Å². The normalized spacial score (nSPS) is 16.9. The van der Waals surface area contributed by atoms with Gasteiger partial charge < -0.3 is 25.5 Å². The van der Waals surface area contributed by atoms with Gasteiger partial charge >= 0.3 is 0 Å². The smallest absolute Gasteiger partial charge is 0.256 e. The number of hydrogen-bond donors (Lipinski definition) is 5. The van der Waals surface area contributed by atoms with Crippen molar-refractivity contribution in [3.8, 4) is 0 Å². The van der Waals surface area contributed by atoms with Crippen LogP contribution in [-0.4, -0.2) is 63.8 Å². The molecular formula is C20H21F3IN3O5. The van der Waals surface area contributed by atoms with Crippen molar-refractivity contribution >= 4 is 39.9 Å². The van der Waals surface area contributed by atoms with Crippen molar-refractivity contribution in [3.63, 3.8) is 0 Å². The van der Waals surface area contributed by atoms with Gasteiger partial charge in [-0.15, -0.1) is 0 Å². The number of aliphatic hydroxyl groups is 3. The van der Waals surface area contributed by atoms with Crippen LogP contribution >= 0.6 is 22.6 Å². The lowest BCUT2D eigenvalue weighted by Crippen LogP contribution is -2.67. The number of hydrogen-bond acceptors (Lipinski definition) is 7. The Labute approximate surface area is 195 Å². The van der Waals surface area contributed by atoms with Gasteiger partial charge in [0.1, 0.15) is 17.5 Å². The van der Waals surface area contributed by atoms with Gasteiger partial charge in [-0.2, -0.15) is 5.48 Å². The number of amides is 1. The van der Waals surface area contributed by atoms with Crippen LogP contribution in [0.15, 0.2) is 30.3 Å². The van der Waals surface area contributed by atoms with Gasteiger partial charge in [0.25, 0.3) is 5.91 Å². The van der Waals surface area contributed by atoms with E-state index in [0.717, 1.165) is 12.1 Å². The molecule has 8 nitrogen and oxygen atoms in total. The van der Waals surface area contributed by atoms with Gasteiger partial charge in [0, 0.05) is 3.57 Å². The number of hydroxylamine groups is 1. The van der Waals surface area contributed by atoms with E-state index in [1.807, 2.05) is 22.6 Å². The maximum absolute atomic E-state index is 14.5. The summed E-state index contributed by atoms with van der Waals surface area (Å²) in [6.07, 6.45) is -2.66. The highest BCUT2D eigenvalue weighted by Gasteiger charge is 2.44. The quantitative estimate of drug-likeness (QED) is 0.188. The summed E-state index contributed by atoms with van der Waals surface area (Å²) < 4.78 is 43.1. The maximum Gasteiger partial charge on any atom is 0.256 e. The lowest BCUT2D eigenvalue weighted by atomic mass is 9.93. The minimum atomic E-state index is -1.51. The molecule has 1 fully saturated rings. The Morgan fingerprint density at radius 2 is 1.91 bits per heavy atom. The number of rotatable bonds is 8. The molecule has 12 heteroatoms. The van der Waals surface area contributed by atoms with Gasteiger partial charge in [-0.25, -0.2) is 13.2 Å². The first-order valence-electron chi connectivity index (χ1n) is 9.47. The summed E-state index contributed by atoms with van der Waals surface area (Å²) >= 11 is 1.90. The van der Waals surface area contributed by atoms with Crippen LogP contribution in [0.2, 0.25) is 0 Å². The Hall–Kier alpha value is -1.97. The van der Waals surface area contributed by atoms with Crippen LogP contribution in [0.5, 0.6) is 0 Å². The molecule has 1 aliphatic rings. The Morgan fingerprint density at radius 1 is 1.22 bits per heavy atom. The van der Waals surface area contributed by atoms with Crippen molar-refractivity contribution in [3.05, 3.63) is 56.9 Å². The second-order valence-electron chi connectivity index (χ2n) is 7.49. The first-order chi connectivity index (χ1) is 15.0. The first-order valence-corrected chi connectivity index (χ1v) is 10.5. The van der Waals surface area contributed by atoms with Gasteiger partial charge in [0.2, 0.25) is 6.29 Å². The summed E-state index contributed by atoms with van der Waals surface area (Å²) in [6.45, 7) is 0.810. The van der Waals surface area contributed by atoms with E-state index < -0.39 is 47.0 Å². The van der Waals surface area contributed by atoms with E-state index in [1.165, 1.54) is 24.0 Å². The molecule has 0 bridgehead atoms. The van der Waals surface area contributed by atoms with Crippen LogP contribution in [0.25, 0.3) is 0 Å². The lowest BCUT2D eigenvalue weighted by Gasteiger charge is -2.46. The van der Waals surface area contributed by atoms with E-state index in [9.17, 15) is 28.2 Å². The van der Waals surface area contributed by atoms with Gasteiger partial charge in [0.05, 0.1) is 36.6 Å². The zero-order chi connectivity index (χ0) is 23.6. The number of aliphatic hydroxyl groups excluding tert-OH is 2. The Balaban J connectivity index is 1.72. The van der Waals surface area contributed by atoms with Crippen LogP contribution in [0.3, 0.4) is 0 Å². The van der Waals surface area contributed by atoms with Gasteiger partial charge in [0.15, 0.2) is 11.6 Å². The summed E-state index contributed by atoms with van der Waals surface area (Å²) in [5.74, 6) is -3.96. The second kappa shape index (κ2) is 9.89. The average molecular weight is 567 g/mol. The van der Waals surface area contributed by atoms with Crippen molar-refractivity contribution in [1.82, 2.24) is 10.4 Å². The molecule has 0 spiro atoms. The fourth-order valence-corrected chi connectivity index (χ4v) is 3.48. The van der Waals surface area contributed by atoms with Crippen LogP contribution in [0, 0.1) is 21.0 Å². The third-order valence-corrected chi connectivity index (χ3v) is 5.46. The Bertz CT molecular complexity index is 1000. The molecule has 1 amide bonds. The van der Waals surface area contributed by atoms with Crippen LogP contribution in [0.1, 0.15) is 17.3 Å². The predicted octanol–water partition coefficient (Wildman–Crippen LogP) is 1.86. The molecule has 32 heavy (non-hydrogen) atoms. The number of anilines is 2. The topological polar surface area (TPSA) is 114 Å². The van der Waals surface area contributed by atoms with Crippen molar-refractivity contribution in [1.29, 1.82) is 0 Å².